The maximum atomic E-state index is 10.7. The Kier molecular flexibility index (Phi) is 3.57. The molecule has 1 aliphatic carbocycles. The van der Waals surface area contributed by atoms with E-state index >= 15 is 0 Å². The first-order valence-electron chi connectivity index (χ1n) is 7.91. The molecule has 0 unspecified atom stereocenters. The first-order chi connectivity index (χ1) is 9.62. The van der Waals surface area contributed by atoms with Crippen molar-refractivity contribution in [2.75, 3.05) is 13.1 Å². The molecule has 0 radical (unpaired) electrons. The fourth-order valence-corrected chi connectivity index (χ4v) is 3.94. The molecule has 0 N–H and O–H groups in total. The molecule has 0 atom stereocenters. The third-order valence-corrected chi connectivity index (χ3v) is 5.32. The van der Waals surface area contributed by atoms with Gasteiger partial charge in [-0.3, -0.25) is 4.79 Å². The van der Waals surface area contributed by atoms with Crippen LogP contribution in [-0.4, -0.2) is 24.4 Å². The predicted molar refractivity (Wildman–Crippen MR) is 81.8 cm³/mol. The number of hydrogen-bond donors (Lipinski definition) is 0. The Bertz CT molecular complexity index is 478. The number of nitrogens with zero attached hydrogens (tertiary/aromatic N) is 1. The molecular weight excluding hydrogens is 246 g/mol. The lowest BCUT2D eigenvalue weighted by Crippen LogP contribution is -2.56. The van der Waals surface area contributed by atoms with Crippen molar-refractivity contribution in [1.29, 1.82) is 0 Å². The molecule has 0 aromatic heterocycles. The van der Waals surface area contributed by atoms with Gasteiger partial charge in [0, 0.05) is 18.5 Å². The Labute approximate surface area is 122 Å². The summed E-state index contributed by atoms with van der Waals surface area (Å²) in [6.07, 6.45) is 6.15. The van der Waals surface area contributed by atoms with E-state index in [0.717, 1.165) is 25.4 Å². The minimum atomic E-state index is 0.465. The second-order valence-corrected chi connectivity index (χ2v) is 7.11. The molecule has 2 heteroatoms. The van der Waals surface area contributed by atoms with Gasteiger partial charge >= 0.3 is 0 Å². The van der Waals surface area contributed by atoms with Gasteiger partial charge in [0.05, 0.1) is 0 Å². The smallest absolute Gasteiger partial charge is 0.209 e. The van der Waals surface area contributed by atoms with Gasteiger partial charge in [0.25, 0.3) is 0 Å². The number of likely N-dealkylation sites (tertiary alicyclic amines) is 1. The minimum absolute atomic E-state index is 0.465. The van der Waals surface area contributed by atoms with Crippen molar-refractivity contribution >= 4 is 6.41 Å². The second kappa shape index (κ2) is 5.23. The highest BCUT2D eigenvalue weighted by Gasteiger charge is 2.44. The summed E-state index contributed by atoms with van der Waals surface area (Å²) in [7, 11) is 0. The number of benzene rings is 1. The lowest BCUT2D eigenvalue weighted by atomic mass is 9.65. The normalized spacial score (nSPS) is 22.1. The third-order valence-electron chi connectivity index (χ3n) is 5.32. The standard InChI is InChI=1S/C18H25NO/c1-14(2)16-4-3-5-17(10-16)15-6-8-18(9-7-15)11-19(12-18)13-20/h3-5,10,13-15H,6-9,11-12H2,1-2H3. The highest BCUT2D eigenvalue weighted by atomic mass is 16.1. The van der Waals surface area contributed by atoms with E-state index in [-0.39, 0.29) is 0 Å². The maximum absolute atomic E-state index is 10.7. The molecule has 1 aromatic rings. The SMILES string of the molecule is CC(C)c1cccc(C2CCC3(CC2)CN(C=O)C3)c1. The molecule has 1 saturated carbocycles. The van der Waals surface area contributed by atoms with Crippen LogP contribution in [0.15, 0.2) is 24.3 Å². The summed E-state index contributed by atoms with van der Waals surface area (Å²) in [5, 5.41) is 0. The molecule has 3 rings (SSSR count). The quantitative estimate of drug-likeness (QED) is 0.763. The molecule has 1 spiro atoms. The summed E-state index contributed by atoms with van der Waals surface area (Å²) in [5.41, 5.74) is 3.45. The third kappa shape index (κ3) is 2.48. The molecule has 108 valence electrons. The minimum Gasteiger partial charge on any atom is -0.344 e. The summed E-state index contributed by atoms with van der Waals surface area (Å²) in [6.45, 7) is 6.51. The van der Waals surface area contributed by atoms with Crippen molar-refractivity contribution in [1.82, 2.24) is 4.90 Å². The van der Waals surface area contributed by atoms with E-state index in [2.05, 4.69) is 38.1 Å². The lowest BCUT2D eigenvalue weighted by Gasteiger charge is -2.52. The van der Waals surface area contributed by atoms with Crippen molar-refractivity contribution in [3.63, 3.8) is 0 Å². The van der Waals surface area contributed by atoms with Gasteiger partial charge in [-0.25, -0.2) is 0 Å². The van der Waals surface area contributed by atoms with Crippen LogP contribution in [0.1, 0.15) is 62.5 Å². The van der Waals surface area contributed by atoms with Crippen LogP contribution in [0, 0.1) is 5.41 Å². The second-order valence-electron chi connectivity index (χ2n) is 7.11. The van der Waals surface area contributed by atoms with Crippen LogP contribution < -0.4 is 0 Å². The van der Waals surface area contributed by atoms with Gasteiger partial charge in [0.1, 0.15) is 0 Å². The van der Waals surface area contributed by atoms with Crippen LogP contribution in [0.4, 0.5) is 0 Å². The van der Waals surface area contributed by atoms with Crippen molar-refractivity contribution < 1.29 is 4.79 Å². The molecule has 2 fully saturated rings. The number of carbonyl (C=O) groups is 1. The number of carbonyl (C=O) groups excluding carboxylic acids is 1. The van der Waals surface area contributed by atoms with Gasteiger partial charge in [0.2, 0.25) is 6.41 Å². The highest BCUT2D eigenvalue weighted by Crippen LogP contribution is 2.47. The summed E-state index contributed by atoms with van der Waals surface area (Å²) < 4.78 is 0. The molecule has 1 amide bonds. The first-order valence-corrected chi connectivity index (χ1v) is 7.91. The van der Waals surface area contributed by atoms with Crippen LogP contribution in [0.5, 0.6) is 0 Å². The molecule has 0 bridgehead atoms. The number of rotatable bonds is 3. The summed E-state index contributed by atoms with van der Waals surface area (Å²) >= 11 is 0. The first kappa shape index (κ1) is 13.7. The zero-order chi connectivity index (χ0) is 14.2. The molecule has 2 aliphatic rings. The largest absolute Gasteiger partial charge is 0.344 e. The summed E-state index contributed by atoms with van der Waals surface area (Å²) in [5.74, 6) is 1.34. The molecule has 1 aliphatic heterocycles. The average molecular weight is 271 g/mol. The van der Waals surface area contributed by atoms with Crippen LogP contribution in [0.25, 0.3) is 0 Å². The van der Waals surface area contributed by atoms with Crippen LogP contribution in [-0.2, 0) is 4.79 Å². The van der Waals surface area contributed by atoms with Gasteiger partial charge in [-0.2, -0.15) is 0 Å². The summed E-state index contributed by atoms with van der Waals surface area (Å²) in [6, 6.07) is 9.16. The Morgan fingerprint density at radius 2 is 1.95 bits per heavy atom. The van der Waals surface area contributed by atoms with Crippen LogP contribution in [0.2, 0.25) is 0 Å². The summed E-state index contributed by atoms with van der Waals surface area (Å²) in [4.78, 5) is 12.6. The highest BCUT2D eigenvalue weighted by molar-refractivity contribution is 5.49. The van der Waals surface area contributed by atoms with Gasteiger partial charge in [-0.1, -0.05) is 38.1 Å². The molecule has 1 aromatic carbocycles. The van der Waals surface area contributed by atoms with Gasteiger partial charge < -0.3 is 4.90 Å². The van der Waals surface area contributed by atoms with Crippen molar-refractivity contribution in [3.8, 4) is 0 Å². The zero-order valence-electron chi connectivity index (χ0n) is 12.6. The van der Waals surface area contributed by atoms with Crippen LogP contribution >= 0.6 is 0 Å². The monoisotopic (exact) mass is 271 g/mol. The lowest BCUT2D eigenvalue weighted by molar-refractivity contribution is -0.131. The Morgan fingerprint density at radius 1 is 1.25 bits per heavy atom. The Balaban J connectivity index is 1.64. The van der Waals surface area contributed by atoms with E-state index in [9.17, 15) is 4.79 Å². The van der Waals surface area contributed by atoms with E-state index in [1.165, 1.54) is 36.8 Å². The van der Waals surface area contributed by atoms with Gasteiger partial charge in [-0.15, -0.1) is 0 Å². The van der Waals surface area contributed by atoms with E-state index in [1.807, 2.05) is 4.90 Å². The van der Waals surface area contributed by atoms with Gasteiger partial charge in [0.15, 0.2) is 0 Å². The topological polar surface area (TPSA) is 20.3 Å². The fourth-order valence-electron chi connectivity index (χ4n) is 3.94. The van der Waals surface area contributed by atoms with Gasteiger partial charge in [-0.05, 0) is 48.6 Å². The Hall–Kier alpha value is -1.31. The van der Waals surface area contributed by atoms with E-state index in [4.69, 9.17) is 0 Å². The average Bonchev–Trinajstić information content (AvgIpc) is 2.45. The van der Waals surface area contributed by atoms with E-state index in [0.29, 0.717) is 11.3 Å². The van der Waals surface area contributed by atoms with Crippen LogP contribution in [0.3, 0.4) is 0 Å². The molecule has 1 saturated heterocycles. The number of hydrogen-bond acceptors (Lipinski definition) is 1. The van der Waals surface area contributed by atoms with E-state index in [1.54, 1.807) is 0 Å². The predicted octanol–water partition coefficient (Wildman–Crippen LogP) is 3.93. The van der Waals surface area contributed by atoms with Crippen molar-refractivity contribution in [2.45, 2.75) is 51.4 Å². The van der Waals surface area contributed by atoms with Crippen molar-refractivity contribution in [3.05, 3.63) is 35.4 Å². The molecule has 1 heterocycles. The van der Waals surface area contributed by atoms with E-state index < -0.39 is 0 Å². The zero-order valence-corrected chi connectivity index (χ0v) is 12.6. The fraction of sp³-hybridized carbons (Fsp3) is 0.611. The molecule has 20 heavy (non-hydrogen) atoms. The Morgan fingerprint density at radius 3 is 2.55 bits per heavy atom. The van der Waals surface area contributed by atoms with Crippen molar-refractivity contribution in [2.24, 2.45) is 5.41 Å². The molecular formula is C18H25NO. The maximum Gasteiger partial charge on any atom is 0.209 e. The molecule has 2 nitrogen and oxygen atoms in total. The number of amides is 1.